The van der Waals surface area contributed by atoms with Gasteiger partial charge in [0.05, 0.1) is 19.1 Å². The van der Waals surface area contributed by atoms with Gasteiger partial charge in [0.1, 0.15) is 0 Å². The maximum absolute atomic E-state index is 12.2. The molecule has 4 atom stereocenters. The molecule has 1 aliphatic rings. The topological polar surface area (TPSA) is 71.1 Å². The first-order chi connectivity index (χ1) is 10.9. The quantitative estimate of drug-likeness (QED) is 0.610. The van der Waals surface area contributed by atoms with Crippen molar-refractivity contribution in [1.82, 2.24) is 0 Å². The van der Waals surface area contributed by atoms with E-state index in [2.05, 4.69) is 0 Å². The Morgan fingerprint density at radius 1 is 1.22 bits per heavy atom. The maximum Gasteiger partial charge on any atom is 0.323 e. The number of carbonyl (C=O) groups is 2. The number of hydrogen-bond donors (Lipinski definition) is 0. The van der Waals surface area contributed by atoms with E-state index < -0.39 is 35.7 Å². The van der Waals surface area contributed by atoms with E-state index >= 15 is 0 Å². The Bertz CT molecular complexity index is 581. The SMILES string of the molecule is COC(=O)[C@@H]1C(=O)O[C@](C)(OC)[C@@H]1C(OC)c1ccc(C)cc1. The van der Waals surface area contributed by atoms with Crippen LogP contribution in [0.3, 0.4) is 0 Å². The zero-order chi connectivity index (χ0) is 17.2. The minimum atomic E-state index is -1.28. The molecule has 2 rings (SSSR count). The number of benzene rings is 1. The lowest BCUT2D eigenvalue weighted by molar-refractivity contribution is -0.221. The summed E-state index contributed by atoms with van der Waals surface area (Å²) in [6, 6.07) is 7.68. The molecule has 126 valence electrons. The van der Waals surface area contributed by atoms with Gasteiger partial charge in [-0.1, -0.05) is 29.8 Å². The van der Waals surface area contributed by atoms with Crippen LogP contribution in [-0.4, -0.2) is 39.1 Å². The highest BCUT2D eigenvalue weighted by molar-refractivity contribution is 5.97. The average Bonchev–Trinajstić information content (AvgIpc) is 2.81. The molecule has 0 aromatic heterocycles. The van der Waals surface area contributed by atoms with Crippen LogP contribution in [0.1, 0.15) is 24.2 Å². The lowest BCUT2D eigenvalue weighted by Gasteiger charge is -2.34. The van der Waals surface area contributed by atoms with Gasteiger partial charge < -0.3 is 18.9 Å². The Morgan fingerprint density at radius 2 is 1.83 bits per heavy atom. The third-order valence-electron chi connectivity index (χ3n) is 4.37. The highest BCUT2D eigenvalue weighted by Gasteiger charge is 2.60. The summed E-state index contributed by atoms with van der Waals surface area (Å²) < 4.78 is 21.1. The molecule has 0 spiro atoms. The van der Waals surface area contributed by atoms with Crippen molar-refractivity contribution in [3.05, 3.63) is 35.4 Å². The van der Waals surface area contributed by atoms with Crippen LogP contribution in [0.25, 0.3) is 0 Å². The Kier molecular flexibility index (Phi) is 5.06. The van der Waals surface area contributed by atoms with Crippen LogP contribution in [0, 0.1) is 18.8 Å². The second kappa shape index (κ2) is 6.68. The summed E-state index contributed by atoms with van der Waals surface area (Å²) in [6.45, 7) is 3.60. The summed E-state index contributed by atoms with van der Waals surface area (Å²) in [4.78, 5) is 24.3. The summed E-state index contributed by atoms with van der Waals surface area (Å²) in [7, 11) is 4.20. The Morgan fingerprint density at radius 3 is 2.30 bits per heavy atom. The Balaban J connectivity index is 2.49. The molecular formula is C17H22O6. The minimum absolute atomic E-state index is 0.559. The molecule has 1 heterocycles. The molecule has 0 radical (unpaired) electrons. The van der Waals surface area contributed by atoms with Crippen molar-refractivity contribution in [2.45, 2.75) is 25.7 Å². The van der Waals surface area contributed by atoms with Gasteiger partial charge in [-0.3, -0.25) is 9.59 Å². The third kappa shape index (κ3) is 3.09. The molecule has 6 nitrogen and oxygen atoms in total. The van der Waals surface area contributed by atoms with Crippen molar-refractivity contribution < 1.29 is 28.5 Å². The molecule has 0 N–H and O–H groups in total. The predicted octanol–water partition coefficient (Wildman–Crippen LogP) is 2.01. The lowest BCUT2D eigenvalue weighted by Crippen LogP contribution is -2.42. The van der Waals surface area contributed by atoms with Crippen LogP contribution in [-0.2, 0) is 28.5 Å². The standard InChI is InChI=1S/C17H22O6/c1-10-6-8-11(9-7-10)14(20-3)13-12(15(18)21-4)16(19)23-17(13,2)22-5/h6-9,12-14H,1-5H3/t12-,13+,14?,17+/m1/s1. The third-order valence-corrected chi connectivity index (χ3v) is 4.37. The molecule has 0 saturated carbocycles. The predicted molar refractivity (Wildman–Crippen MR) is 81.4 cm³/mol. The van der Waals surface area contributed by atoms with Crippen LogP contribution in [0.4, 0.5) is 0 Å². The highest BCUT2D eigenvalue weighted by Crippen LogP contribution is 2.47. The van der Waals surface area contributed by atoms with Gasteiger partial charge in [0.2, 0.25) is 5.79 Å². The van der Waals surface area contributed by atoms with Gasteiger partial charge in [0, 0.05) is 21.1 Å². The van der Waals surface area contributed by atoms with Crippen molar-refractivity contribution in [1.29, 1.82) is 0 Å². The molecule has 0 aliphatic carbocycles. The number of aryl methyl sites for hydroxylation is 1. The summed E-state index contributed by atoms with van der Waals surface area (Å²) in [5.41, 5.74) is 1.93. The first-order valence-corrected chi connectivity index (χ1v) is 7.33. The van der Waals surface area contributed by atoms with Gasteiger partial charge in [-0.25, -0.2) is 0 Å². The number of esters is 2. The van der Waals surface area contributed by atoms with E-state index in [1.54, 1.807) is 6.92 Å². The van der Waals surface area contributed by atoms with E-state index in [0.29, 0.717) is 0 Å². The fourth-order valence-electron chi connectivity index (χ4n) is 3.02. The van der Waals surface area contributed by atoms with Gasteiger partial charge in [-0.15, -0.1) is 0 Å². The molecular weight excluding hydrogens is 300 g/mol. The van der Waals surface area contributed by atoms with E-state index in [1.807, 2.05) is 31.2 Å². The van der Waals surface area contributed by atoms with Crippen molar-refractivity contribution in [2.75, 3.05) is 21.3 Å². The van der Waals surface area contributed by atoms with E-state index in [-0.39, 0.29) is 0 Å². The molecule has 6 heteroatoms. The van der Waals surface area contributed by atoms with E-state index in [1.165, 1.54) is 21.3 Å². The molecule has 1 aliphatic heterocycles. The van der Waals surface area contributed by atoms with Gasteiger partial charge >= 0.3 is 11.9 Å². The molecule has 1 aromatic rings. The largest absolute Gasteiger partial charge is 0.468 e. The summed E-state index contributed by atoms with van der Waals surface area (Å²) >= 11 is 0. The number of methoxy groups -OCH3 is 3. The number of cyclic esters (lactones) is 1. The zero-order valence-corrected chi connectivity index (χ0v) is 14.0. The lowest BCUT2D eigenvalue weighted by atomic mass is 9.80. The zero-order valence-electron chi connectivity index (χ0n) is 14.0. The number of ether oxygens (including phenoxy) is 4. The van der Waals surface area contributed by atoms with Gasteiger partial charge in [0.15, 0.2) is 5.92 Å². The normalized spacial score (nSPS) is 28.3. The smallest absolute Gasteiger partial charge is 0.323 e. The van der Waals surface area contributed by atoms with E-state index in [9.17, 15) is 9.59 Å². The molecule has 1 unspecified atom stereocenters. The molecule has 1 aromatic carbocycles. The van der Waals surface area contributed by atoms with Crippen LogP contribution < -0.4 is 0 Å². The number of rotatable bonds is 5. The number of carbonyl (C=O) groups excluding carboxylic acids is 2. The molecule has 0 amide bonds. The van der Waals surface area contributed by atoms with E-state index in [4.69, 9.17) is 18.9 Å². The van der Waals surface area contributed by atoms with Crippen LogP contribution in [0.15, 0.2) is 24.3 Å². The Hall–Kier alpha value is -1.92. The highest BCUT2D eigenvalue weighted by atomic mass is 16.7. The molecule has 0 bridgehead atoms. The molecule has 1 saturated heterocycles. The summed E-state index contributed by atoms with van der Waals surface area (Å²) in [6.07, 6.45) is -0.559. The van der Waals surface area contributed by atoms with Gasteiger partial charge in [-0.05, 0) is 12.5 Å². The Labute approximate surface area is 135 Å². The first-order valence-electron chi connectivity index (χ1n) is 7.33. The van der Waals surface area contributed by atoms with Crippen LogP contribution >= 0.6 is 0 Å². The van der Waals surface area contributed by atoms with Crippen LogP contribution in [0.2, 0.25) is 0 Å². The van der Waals surface area contributed by atoms with Crippen molar-refractivity contribution in [2.24, 2.45) is 11.8 Å². The van der Waals surface area contributed by atoms with Gasteiger partial charge in [0.25, 0.3) is 0 Å². The second-order valence-electron chi connectivity index (χ2n) is 5.73. The molecule has 23 heavy (non-hydrogen) atoms. The minimum Gasteiger partial charge on any atom is -0.468 e. The van der Waals surface area contributed by atoms with E-state index in [0.717, 1.165) is 11.1 Å². The average molecular weight is 322 g/mol. The van der Waals surface area contributed by atoms with Crippen molar-refractivity contribution >= 4 is 11.9 Å². The monoisotopic (exact) mass is 322 g/mol. The first kappa shape index (κ1) is 17.4. The van der Waals surface area contributed by atoms with Crippen molar-refractivity contribution in [3.8, 4) is 0 Å². The molecule has 1 fully saturated rings. The fraction of sp³-hybridized carbons (Fsp3) is 0.529. The summed E-state index contributed by atoms with van der Waals surface area (Å²) in [5.74, 6) is -4.37. The number of hydrogen-bond acceptors (Lipinski definition) is 6. The summed E-state index contributed by atoms with van der Waals surface area (Å²) in [5, 5.41) is 0. The van der Waals surface area contributed by atoms with Crippen LogP contribution in [0.5, 0.6) is 0 Å². The second-order valence-corrected chi connectivity index (χ2v) is 5.73. The maximum atomic E-state index is 12.2. The van der Waals surface area contributed by atoms with Gasteiger partial charge in [-0.2, -0.15) is 0 Å². The fourth-order valence-corrected chi connectivity index (χ4v) is 3.02. The van der Waals surface area contributed by atoms with Crippen molar-refractivity contribution in [3.63, 3.8) is 0 Å².